The molecule has 0 saturated carbocycles. The summed E-state index contributed by atoms with van der Waals surface area (Å²) in [5, 5.41) is 0. The highest BCUT2D eigenvalue weighted by Crippen LogP contribution is 2.38. The van der Waals surface area contributed by atoms with Crippen molar-refractivity contribution >= 4 is 0 Å². The molecule has 0 amide bonds. The summed E-state index contributed by atoms with van der Waals surface area (Å²) in [6, 6.07) is 10.8. The normalized spacial score (nSPS) is 17.8. The summed E-state index contributed by atoms with van der Waals surface area (Å²) >= 11 is 0. The average Bonchev–Trinajstić information content (AvgIpc) is 2.68. The molecule has 164 valence electrons. The van der Waals surface area contributed by atoms with Gasteiger partial charge in [-0.3, -0.25) is 0 Å². The minimum atomic E-state index is 0.0150. The third-order valence-corrected chi connectivity index (χ3v) is 6.61. The van der Waals surface area contributed by atoms with Crippen LogP contribution in [0.5, 0.6) is 0 Å². The van der Waals surface area contributed by atoms with Gasteiger partial charge in [0.2, 0.25) is 0 Å². The van der Waals surface area contributed by atoms with E-state index in [0.29, 0.717) is 11.8 Å². The maximum atomic E-state index is 6.78. The Labute approximate surface area is 178 Å². The minimum absolute atomic E-state index is 0.0150. The van der Waals surface area contributed by atoms with Gasteiger partial charge in [-0.25, -0.2) is 0 Å². The maximum absolute atomic E-state index is 6.78. The van der Waals surface area contributed by atoms with E-state index < -0.39 is 0 Å². The van der Waals surface area contributed by atoms with Crippen LogP contribution < -0.4 is 0 Å². The van der Waals surface area contributed by atoms with E-state index in [1.54, 1.807) is 0 Å². The van der Waals surface area contributed by atoms with Gasteiger partial charge in [-0.2, -0.15) is 0 Å². The predicted molar refractivity (Wildman–Crippen MR) is 119 cm³/mol. The summed E-state index contributed by atoms with van der Waals surface area (Å²) < 4.78 is 17.8. The van der Waals surface area contributed by atoms with E-state index in [-0.39, 0.29) is 5.60 Å². The van der Waals surface area contributed by atoms with Crippen molar-refractivity contribution in [3.8, 4) is 0 Å². The molecule has 0 atom stereocenters. The fourth-order valence-electron chi connectivity index (χ4n) is 4.77. The third kappa shape index (κ3) is 8.03. The summed E-state index contributed by atoms with van der Waals surface area (Å²) in [6.45, 7) is 6.78. The Morgan fingerprint density at radius 2 is 1.41 bits per heavy atom. The second-order valence-electron chi connectivity index (χ2n) is 9.35. The van der Waals surface area contributed by atoms with Gasteiger partial charge in [-0.05, 0) is 31.2 Å². The van der Waals surface area contributed by atoms with Gasteiger partial charge >= 0.3 is 0 Å². The van der Waals surface area contributed by atoms with Crippen LogP contribution in [0.25, 0.3) is 0 Å². The molecule has 2 aliphatic heterocycles. The second kappa shape index (κ2) is 12.7. The highest BCUT2D eigenvalue weighted by atomic mass is 16.5. The SMILES string of the molecule is CCCCCCCCCC(CC1COC1)(CC1COC1)OCCc1ccccc1. The van der Waals surface area contributed by atoms with Gasteiger partial charge in [0.15, 0.2) is 0 Å². The highest BCUT2D eigenvalue weighted by Gasteiger charge is 2.39. The number of hydrogen-bond donors (Lipinski definition) is 0. The van der Waals surface area contributed by atoms with Crippen LogP contribution in [-0.4, -0.2) is 38.6 Å². The van der Waals surface area contributed by atoms with Crippen LogP contribution >= 0.6 is 0 Å². The van der Waals surface area contributed by atoms with Crippen molar-refractivity contribution in [2.75, 3.05) is 33.0 Å². The molecule has 3 heteroatoms. The van der Waals surface area contributed by atoms with Crippen LogP contribution in [0.15, 0.2) is 30.3 Å². The highest BCUT2D eigenvalue weighted by molar-refractivity contribution is 5.14. The van der Waals surface area contributed by atoms with Crippen LogP contribution in [-0.2, 0) is 20.6 Å². The van der Waals surface area contributed by atoms with Gasteiger partial charge in [0, 0.05) is 11.8 Å². The van der Waals surface area contributed by atoms with Gasteiger partial charge in [0.05, 0.1) is 38.6 Å². The van der Waals surface area contributed by atoms with Crippen LogP contribution in [0.4, 0.5) is 0 Å². The summed E-state index contributed by atoms with van der Waals surface area (Å²) in [4.78, 5) is 0. The van der Waals surface area contributed by atoms with Crippen LogP contribution in [0.2, 0.25) is 0 Å². The number of rotatable bonds is 16. The number of benzene rings is 1. The molecular formula is C26H42O3. The minimum Gasteiger partial charge on any atom is -0.381 e. The summed E-state index contributed by atoms with van der Waals surface area (Å²) in [7, 11) is 0. The molecule has 0 aromatic heterocycles. The molecule has 0 unspecified atom stereocenters. The molecule has 3 nitrogen and oxygen atoms in total. The fraction of sp³-hybridized carbons (Fsp3) is 0.769. The summed E-state index contributed by atoms with van der Waals surface area (Å²) in [6.07, 6.45) is 14.0. The van der Waals surface area contributed by atoms with Crippen molar-refractivity contribution < 1.29 is 14.2 Å². The Morgan fingerprint density at radius 3 is 1.97 bits per heavy atom. The maximum Gasteiger partial charge on any atom is 0.0691 e. The Balaban J connectivity index is 1.52. The van der Waals surface area contributed by atoms with Gasteiger partial charge in [-0.15, -0.1) is 0 Å². The third-order valence-electron chi connectivity index (χ3n) is 6.61. The van der Waals surface area contributed by atoms with Crippen molar-refractivity contribution in [2.45, 2.75) is 83.2 Å². The van der Waals surface area contributed by atoms with Gasteiger partial charge in [0.1, 0.15) is 0 Å². The first kappa shape index (κ1) is 22.8. The topological polar surface area (TPSA) is 27.7 Å². The quantitative estimate of drug-likeness (QED) is 0.308. The van der Waals surface area contributed by atoms with E-state index in [2.05, 4.69) is 37.3 Å². The molecule has 29 heavy (non-hydrogen) atoms. The van der Waals surface area contributed by atoms with Crippen molar-refractivity contribution in [2.24, 2.45) is 11.8 Å². The lowest BCUT2D eigenvalue weighted by Crippen LogP contribution is -2.45. The largest absolute Gasteiger partial charge is 0.381 e. The molecule has 0 aliphatic carbocycles. The van der Waals surface area contributed by atoms with Gasteiger partial charge in [0.25, 0.3) is 0 Å². The molecular weight excluding hydrogens is 360 g/mol. The molecule has 2 aliphatic rings. The molecule has 0 N–H and O–H groups in total. The van der Waals surface area contributed by atoms with Crippen molar-refractivity contribution in [3.05, 3.63) is 35.9 Å². The molecule has 1 aromatic rings. The average molecular weight is 403 g/mol. The standard InChI is InChI=1S/C26H42O3/c1-2-3-4-5-6-7-11-15-26(17-24-19-27-20-24,18-25-21-28-22-25)29-16-14-23-12-9-8-10-13-23/h8-10,12-13,24-25H,2-7,11,14-22H2,1H3. The van der Waals surface area contributed by atoms with E-state index >= 15 is 0 Å². The van der Waals surface area contributed by atoms with Crippen LogP contribution in [0.3, 0.4) is 0 Å². The number of hydrogen-bond acceptors (Lipinski definition) is 3. The van der Waals surface area contributed by atoms with E-state index in [1.165, 1.54) is 56.9 Å². The smallest absolute Gasteiger partial charge is 0.0691 e. The number of ether oxygens (including phenoxy) is 3. The zero-order chi connectivity index (χ0) is 20.2. The van der Waals surface area contributed by atoms with Crippen LogP contribution in [0.1, 0.15) is 76.7 Å². The molecule has 2 heterocycles. The second-order valence-corrected chi connectivity index (χ2v) is 9.35. The first-order chi connectivity index (χ1) is 14.3. The van der Waals surface area contributed by atoms with Crippen molar-refractivity contribution in [1.29, 1.82) is 0 Å². The monoisotopic (exact) mass is 402 g/mol. The summed E-state index contributed by atoms with van der Waals surface area (Å²) in [5.74, 6) is 1.36. The first-order valence-electron chi connectivity index (χ1n) is 12.1. The lowest BCUT2D eigenvalue weighted by molar-refractivity contribution is -0.144. The zero-order valence-electron chi connectivity index (χ0n) is 18.6. The van der Waals surface area contributed by atoms with Gasteiger partial charge in [-0.1, -0.05) is 82.2 Å². The van der Waals surface area contributed by atoms with E-state index in [4.69, 9.17) is 14.2 Å². The molecule has 2 fully saturated rings. The molecule has 2 saturated heterocycles. The van der Waals surface area contributed by atoms with E-state index in [9.17, 15) is 0 Å². The van der Waals surface area contributed by atoms with E-state index in [1.807, 2.05) is 0 Å². The summed E-state index contributed by atoms with van der Waals surface area (Å²) in [5.41, 5.74) is 1.39. The lowest BCUT2D eigenvalue weighted by atomic mass is 9.78. The zero-order valence-corrected chi connectivity index (χ0v) is 18.6. The van der Waals surface area contributed by atoms with E-state index in [0.717, 1.165) is 52.3 Å². The molecule has 0 spiro atoms. The Bertz CT molecular complexity index is 520. The van der Waals surface area contributed by atoms with Crippen molar-refractivity contribution in [1.82, 2.24) is 0 Å². The molecule has 1 aromatic carbocycles. The molecule has 3 rings (SSSR count). The number of unbranched alkanes of at least 4 members (excludes halogenated alkanes) is 6. The first-order valence-corrected chi connectivity index (χ1v) is 12.1. The Morgan fingerprint density at radius 1 is 0.828 bits per heavy atom. The lowest BCUT2D eigenvalue weighted by Gasteiger charge is -2.43. The predicted octanol–water partition coefficient (Wildman–Crippen LogP) is 6.20. The fourth-order valence-corrected chi connectivity index (χ4v) is 4.77. The van der Waals surface area contributed by atoms with Crippen LogP contribution in [0, 0.1) is 11.8 Å². The van der Waals surface area contributed by atoms with Gasteiger partial charge < -0.3 is 14.2 Å². The molecule has 0 radical (unpaired) electrons. The Hall–Kier alpha value is -0.900. The molecule has 0 bridgehead atoms. The van der Waals surface area contributed by atoms with Crippen molar-refractivity contribution in [3.63, 3.8) is 0 Å². The Kier molecular flexibility index (Phi) is 9.99.